The van der Waals surface area contributed by atoms with E-state index < -0.39 is 12.1 Å². The summed E-state index contributed by atoms with van der Waals surface area (Å²) in [6.07, 6.45) is 6.61. The number of fused-ring (bicyclic) bond motifs is 1. The van der Waals surface area contributed by atoms with E-state index in [0.29, 0.717) is 39.1 Å². The molecule has 1 aliphatic heterocycles. The first-order valence-corrected chi connectivity index (χ1v) is 27.4. The average Bonchev–Trinajstić information content (AvgIpc) is 3.98. The molecule has 17 nitrogen and oxygen atoms in total. The molecule has 4 heterocycles. The third-order valence-electron chi connectivity index (χ3n) is 13.3. The monoisotopic (exact) mass is 1070 g/mol. The normalized spacial score (nSPS) is 14.1. The van der Waals surface area contributed by atoms with Gasteiger partial charge >= 0.3 is 5.97 Å². The van der Waals surface area contributed by atoms with E-state index >= 15 is 0 Å². The number of carbonyl (C=O) groups is 5. The van der Waals surface area contributed by atoms with Gasteiger partial charge in [0.15, 0.2) is 0 Å². The molecule has 418 valence electrons. The topological polar surface area (TPSA) is 184 Å². The molecule has 1 aliphatic rings. The van der Waals surface area contributed by atoms with Crippen LogP contribution in [0.3, 0.4) is 0 Å². The first-order chi connectivity index (χ1) is 36.0. The zero-order valence-corrected chi connectivity index (χ0v) is 49.4. The maximum absolute atomic E-state index is 13.6. The second-order valence-corrected chi connectivity index (χ2v) is 21.7. The first kappa shape index (κ1) is 64.3. The van der Waals surface area contributed by atoms with E-state index in [9.17, 15) is 24.0 Å². The van der Waals surface area contributed by atoms with Crippen LogP contribution in [0.2, 0.25) is 0 Å². The molecule has 0 radical (unpaired) electrons. The highest BCUT2D eigenvalue weighted by molar-refractivity contribution is 7.10. The second-order valence-electron chi connectivity index (χ2n) is 20.8. The minimum Gasteiger partial charge on any atom is -0.465 e. The van der Waals surface area contributed by atoms with Crippen molar-refractivity contribution in [3.63, 3.8) is 0 Å². The van der Waals surface area contributed by atoms with E-state index in [4.69, 9.17) is 19.4 Å². The van der Waals surface area contributed by atoms with E-state index in [1.807, 2.05) is 104 Å². The molecule has 2 N–H and O–H groups in total. The van der Waals surface area contributed by atoms with Crippen LogP contribution in [0.5, 0.6) is 0 Å². The van der Waals surface area contributed by atoms with Crippen molar-refractivity contribution in [1.29, 1.82) is 0 Å². The van der Waals surface area contributed by atoms with Crippen LogP contribution in [0.15, 0.2) is 46.9 Å². The summed E-state index contributed by atoms with van der Waals surface area (Å²) in [4.78, 5) is 82.4. The molecule has 18 heteroatoms. The fraction of sp³-hybridized carbons (Fsp3) is 0.586. The van der Waals surface area contributed by atoms with Gasteiger partial charge in [0.05, 0.1) is 46.4 Å². The van der Waals surface area contributed by atoms with Crippen LogP contribution in [0.4, 0.5) is 0 Å². The van der Waals surface area contributed by atoms with Crippen LogP contribution in [0.1, 0.15) is 111 Å². The molecule has 0 saturated carbocycles. The van der Waals surface area contributed by atoms with Crippen LogP contribution in [0, 0.1) is 23.2 Å². The van der Waals surface area contributed by atoms with Gasteiger partial charge in [0.1, 0.15) is 6.04 Å². The van der Waals surface area contributed by atoms with Gasteiger partial charge in [0, 0.05) is 106 Å². The van der Waals surface area contributed by atoms with Gasteiger partial charge in [-0.2, -0.15) is 0 Å². The molecular weight excluding hydrogens is 981 g/mol. The van der Waals surface area contributed by atoms with Crippen LogP contribution in [-0.4, -0.2) is 170 Å². The number of nitrogens with one attached hydrogen (secondary N) is 2. The van der Waals surface area contributed by atoms with Crippen LogP contribution in [0.25, 0.3) is 33.4 Å². The molecule has 4 aromatic rings. The average molecular weight is 1070 g/mol. The lowest BCUT2D eigenvalue weighted by Gasteiger charge is -2.31. The molecule has 0 spiro atoms. The predicted molar refractivity (Wildman–Crippen MR) is 307 cm³/mol. The number of unbranched alkanes of at least 4 members (excludes halogenated alkanes) is 1. The van der Waals surface area contributed by atoms with Gasteiger partial charge in [0.2, 0.25) is 18.2 Å². The maximum Gasteiger partial charge on any atom is 0.302 e. The molecule has 1 aromatic carbocycles. The number of aliphatic imine (C=N–C) groups is 1. The van der Waals surface area contributed by atoms with Crippen molar-refractivity contribution < 1.29 is 33.4 Å². The van der Waals surface area contributed by atoms with Crippen molar-refractivity contribution >= 4 is 58.6 Å². The molecule has 3 unspecified atom stereocenters. The fourth-order valence-corrected chi connectivity index (χ4v) is 9.53. The molecule has 5 rings (SSSR count). The summed E-state index contributed by atoms with van der Waals surface area (Å²) in [5, 5.41) is 9.88. The van der Waals surface area contributed by atoms with Crippen LogP contribution < -0.4 is 10.6 Å². The first-order valence-electron chi connectivity index (χ1n) is 26.5. The summed E-state index contributed by atoms with van der Waals surface area (Å²) < 4.78 is 13.6. The zero-order valence-electron chi connectivity index (χ0n) is 48.6. The van der Waals surface area contributed by atoms with Gasteiger partial charge in [-0.25, -0.2) is 4.98 Å². The predicted octanol–water partition coefficient (Wildman–Crippen LogP) is 7.55. The quantitative estimate of drug-likeness (QED) is 0.0261. The van der Waals surface area contributed by atoms with Crippen molar-refractivity contribution in [2.24, 2.45) is 16.3 Å². The molecule has 3 aromatic heterocycles. The highest BCUT2D eigenvalue weighted by atomic mass is 32.1. The van der Waals surface area contributed by atoms with E-state index in [-0.39, 0.29) is 59.7 Å². The third kappa shape index (κ3) is 18.3. The standard InChI is InChI=1S/C43H61N7O5S.C13H21N3O2.C2H6/c1-12-50-36-18-17-30(22-32(36)33(24-43(6,7)26-55-29(5)51)40(50)31-16-15-21-45-38(31)28(4)54-11)35-25-56-37(47-35)23-34(41(52)46-20-14-13-19-44-8)48-42(53)39(27(2)3)49(9)10;1-13(2,14(3)4)6-5-12(18)16-9-7-15(11-17)8-10-16;1-2/h15-19,21-22,25,27-28,34,39H,12-14,20,23-24,26H2,1-11H3,(H,46,52)(H,48,53);11H,7-10H2,1-4H3;1-2H3. The highest BCUT2D eigenvalue weighted by Crippen LogP contribution is 2.42. The zero-order chi connectivity index (χ0) is 56.9. The fourth-order valence-electron chi connectivity index (χ4n) is 8.68. The van der Waals surface area contributed by atoms with Crippen LogP contribution in [-0.2, 0) is 52.8 Å². The van der Waals surface area contributed by atoms with Gasteiger partial charge in [-0.3, -0.25) is 38.8 Å². The Morgan fingerprint density at radius 3 is 2.26 bits per heavy atom. The van der Waals surface area contributed by atoms with Crippen molar-refractivity contribution in [2.75, 3.05) is 81.7 Å². The molecule has 1 fully saturated rings. The molecule has 1 saturated heterocycles. The Bertz CT molecular complexity index is 2610. The molecule has 0 aliphatic carbocycles. The molecule has 0 bridgehead atoms. The smallest absolute Gasteiger partial charge is 0.302 e. The summed E-state index contributed by atoms with van der Waals surface area (Å²) >= 11 is 1.47. The van der Waals surface area contributed by atoms with Crippen LogP contribution >= 0.6 is 11.3 Å². The Balaban J connectivity index is 0.000000638. The summed E-state index contributed by atoms with van der Waals surface area (Å²) in [5.41, 5.74) is 6.13. The van der Waals surface area contributed by atoms with Gasteiger partial charge in [-0.05, 0) is 123 Å². The number of methoxy groups -OCH3 is 1. The number of thiazole rings is 1. The van der Waals surface area contributed by atoms with Crippen molar-refractivity contribution in [3.05, 3.63) is 58.2 Å². The summed E-state index contributed by atoms with van der Waals surface area (Å²) in [6, 6.07) is 9.29. The maximum atomic E-state index is 13.6. The number of amides is 4. The number of ether oxygens (including phenoxy) is 2. The van der Waals surface area contributed by atoms with Crippen molar-refractivity contribution in [3.8, 4) is 34.4 Å². The summed E-state index contributed by atoms with van der Waals surface area (Å²) in [6.45, 7) is 25.5. The number of aryl methyl sites for hydroxylation is 1. The number of rotatable bonds is 22. The summed E-state index contributed by atoms with van der Waals surface area (Å²) in [7, 11) is 11.0. The van der Waals surface area contributed by atoms with Gasteiger partial charge in [0.25, 0.3) is 5.91 Å². The highest BCUT2D eigenvalue weighted by Gasteiger charge is 2.32. The molecule has 3 atom stereocenters. The van der Waals surface area contributed by atoms with Gasteiger partial charge in [-0.1, -0.05) is 53.5 Å². The number of esters is 1. The number of hydrogen-bond acceptors (Lipinski definition) is 13. The Morgan fingerprint density at radius 1 is 1.00 bits per heavy atom. The van der Waals surface area contributed by atoms with E-state index in [2.05, 4.69) is 77.1 Å². The van der Waals surface area contributed by atoms with Gasteiger partial charge < -0.3 is 39.5 Å². The number of nitrogens with zero attached hydrogens (tertiary/aromatic N) is 8. The van der Waals surface area contributed by atoms with Gasteiger partial charge in [-0.15, -0.1) is 11.3 Å². The number of hydrogen-bond donors (Lipinski definition) is 2. The minimum atomic E-state index is -0.791. The largest absolute Gasteiger partial charge is 0.465 e. The molecular formula is C58H88N10O7S. The minimum absolute atomic E-state index is 0.0526. The lowest BCUT2D eigenvalue weighted by molar-refractivity contribution is -0.144. The second kappa shape index (κ2) is 30.7. The number of aromatic nitrogens is 3. The SMILES string of the molecule is CC.CCn1c(-c2cccnc2C(C)OC)c(CC(C)(C)COC(C)=O)c2cc(-c3csc(CC(NC(=O)C(C(C)C)N(C)C)C(=O)NCCCC=NC)n3)ccc21.CN(C)C(C)(C)C#CC(=O)N1CCN(C=O)CC1. The number of pyridine rings is 1. The Hall–Kier alpha value is -6.00. The lowest BCUT2D eigenvalue weighted by Crippen LogP contribution is -2.54. The number of benzene rings is 1. The molecule has 76 heavy (non-hydrogen) atoms. The Kier molecular flexibility index (Phi) is 25.9. The summed E-state index contributed by atoms with van der Waals surface area (Å²) in [5.74, 6) is 4.84. The van der Waals surface area contributed by atoms with Crippen molar-refractivity contribution in [1.82, 2.24) is 44.8 Å². The Morgan fingerprint density at radius 2 is 1.68 bits per heavy atom. The third-order valence-corrected chi connectivity index (χ3v) is 14.2. The molecule has 4 amide bonds. The van der Waals surface area contributed by atoms with E-state index in [1.165, 1.54) is 18.3 Å². The van der Waals surface area contributed by atoms with E-state index in [1.54, 1.807) is 30.2 Å². The number of likely N-dealkylation sites (N-methyl/N-ethyl adjacent to an activating group) is 1. The Labute approximate surface area is 457 Å². The number of piperazine rings is 1. The van der Waals surface area contributed by atoms with E-state index in [0.717, 1.165) is 75.5 Å². The number of carbonyl (C=O) groups excluding carboxylic acids is 5. The van der Waals surface area contributed by atoms with Crippen molar-refractivity contribution in [2.45, 2.75) is 132 Å². The lowest BCUT2D eigenvalue weighted by atomic mass is 9.84.